The van der Waals surface area contributed by atoms with Gasteiger partial charge >= 0.3 is 6.03 Å². The predicted molar refractivity (Wildman–Crippen MR) is 111 cm³/mol. The van der Waals surface area contributed by atoms with Crippen molar-refractivity contribution in [3.8, 4) is 0 Å². The average molecular weight is 419 g/mol. The summed E-state index contributed by atoms with van der Waals surface area (Å²) in [5.41, 5.74) is 0.811. The van der Waals surface area contributed by atoms with Gasteiger partial charge in [-0.1, -0.05) is 29.3 Å². The molecule has 4 aliphatic carbocycles. The zero-order chi connectivity index (χ0) is 19.3. The Hall–Kier alpha value is -1.72. The van der Waals surface area contributed by atoms with Gasteiger partial charge in [0, 0.05) is 33.4 Å². The molecule has 148 valence electrons. The molecule has 5 nitrogen and oxygen atoms in total. The molecule has 2 amide bonds. The van der Waals surface area contributed by atoms with Crippen LogP contribution < -0.4 is 10.6 Å². The smallest absolute Gasteiger partial charge is 0.320 e. The highest BCUT2D eigenvalue weighted by molar-refractivity contribution is 6.35. The average Bonchev–Trinajstić information content (AvgIpc) is 3.03. The number of halogens is 2. The lowest BCUT2D eigenvalue weighted by molar-refractivity contribution is -0.0127. The third-order valence-corrected chi connectivity index (χ3v) is 7.39. The predicted octanol–water partition coefficient (Wildman–Crippen LogP) is 5.33. The molecule has 0 atom stereocenters. The van der Waals surface area contributed by atoms with Gasteiger partial charge in [-0.2, -0.15) is 5.10 Å². The van der Waals surface area contributed by atoms with Crippen molar-refractivity contribution >= 4 is 35.1 Å². The van der Waals surface area contributed by atoms with Crippen LogP contribution in [0.2, 0.25) is 10.0 Å². The third-order valence-electron chi connectivity index (χ3n) is 6.68. The molecule has 2 N–H and O–H groups in total. The van der Waals surface area contributed by atoms with Gasteiger partial charge in [0.05, 0.1) is 6.54 Å². The number of hydrogen-bond acceptors (Lipinski definition) is 2. The molecule has 0 saturated heterocycles. The molecular formula is C21H24Cl2N4O. The number of benzene rings is 1. The van der Waals surface area contributed by atoms with E-state index in [0.717, 1.165) is 42.6 Å². The van der Waals surface area contributed by atoms with Gasteiger partial charge in [-0.3, -0.25) is 10.00 Å². The maximum absolute atomic E-state index is 12.7. The van der Waals surface area contributed by atoms with Gasteiger partial charge in [0.25, 0.3) is 0 Å². The van der Waals surface area contributed by atoms with Gasteiger partial charge in [0.2, 0.25) is 0 Å². The first-order valence-corrected chi connectivity index (χ1v) is 10.8. The zero-order valence-corrected chi connectivity index (χ0v) is 17.1. The van der Waals surface area contributed by atoms with Gasteiger partial charge in [0.1, 0.15) is 0 Å². The molecule has 0 radical (unpaired) electrons. The molecule has 0 unspecified atom stereocenters. The summed E-state index contributed by atoms with van der Waals surface area (Å²) in [5, 5.41) is 11.9. The monoisotopic (exact) mass is 418 g/mol. The van der Waals surface area contributed by atoms with Crippen LogP contribution in [0.5, 0.6) is 0 Å². The Balaban J connectivity index is 1.23. The van der Waals surface area contributed by atoms with Crippen LogP contribution in [-0.2, 0) is 6.54 Å². The number of anilines is 1. The first-order chi connectivity index (χ1) is 13.5. The van der Waals surface area contributed by atoms with Crippen LogP contribution >= 0.6 is 23.2 Å². The van der Waals surface area contributed by atoms with E-state index in [9.17, 15) is 4.79 Å². The van der Waals surface area contributed by atoms with Gasteiger partial charge in [-0.25, -0.2) is 4.79 Å². The molecule has 4 saturated carbocycles. The number of rotatable bonds is 4. The summed E-state index contributed by atoms with van der Waals surface area (Å²) in [4.78, 5) is 12.7. The number of hydrogen-bond donors (Lipinski definition) is 2. The molecule has 0 spiro atoms. The summed E-state index contributed by atoms with van der Waals surface area (Å²) in [7, 11) is 0. The van der Waals surface area contributed by atoms with Crippen LogP contribution in [-0.4, -0.2) is 21.4 Å². The Bertz CT molecular complexity index is 854. The van der Waals surface area contributed by atoms with Crippen molar-refractivity contribution in [3.63, 3.8) is 0 Å². The molecule has 1 aromatic carbocycles. The minimum absolute atomic E-state index is 0.00745. The second-order valence-corrected chi connectivity index (χ2v) is 9.69. The van der Waals surface area contributed by atoms with Crippen LogP contribution in [0.25, 0.3) is 0 Å². The molecule has 4 aliphatic rings. The number of nitrogens with zero attached hydrogens (tertiary/aromatic N) is 2. The highest BCUT2D eigenvalue weighted by Gasteiger charge is 2.51. The van der Waals surface area contributed by atoms with Crippen molar-refractivity contribution in [2.45, 2.75) is 50.6 Å². The maximum atomic E-state index is 12.7. The number of urea groups is 1. The first kappa shape index (κ1) is 18.3. The topological polar surface area (TPSA) is 59.0 Å². The number of nitrogens with one attached hydrogen (secondary N) is 2. The van der Waals surface area contributed by atoms with E-state index >= 15 is 0 Å². The molecule has 0 aliphatic heterocycles. The second kappa shape index (κ2) is 6.96. The maximum Gasteiger partial charge on any atom is 0.320 e. The van der Waals surface area contributed by atoms with E-state index in [0.29, 0.717) is 22.4 Å². The summed E-state index contributed by atoms with van der Waals surface area (Å²) in [6.45, 7) is 0.455. The highest BCUT2D eigenvalue weighted by atomic mass is 35.5. The molecule has 4 fully saturated rings. The van der Waals surface area contributed by atoms with Crippen LogP contribution in [0.3, 0.4) is 0 Å². The molecule has 28 heavy (non-hydrogen) atoms. The fraction of sp³-hybridized carbons (Fsp3) is 0.524. The van der Waals surface area contributed by atoms with Gasteiger partial charge in [0.15, 0.2) is 5.82 Å². The molecule has 7 heteroatoms. The summed E-state index contributed by atoms with van der Waals surface area (Å²) >= 11 is 12.5. The van der Waals surface area contributed by atoms with Crippen LogP contribution in [0, 0.1) is 17.8 Å². The highest BCUT2D eigenvalue weighted by Crippen LogP contribution is 2.55. The Morgan fingerprint density at radius 3 is 2.29 bits per heavy atom. The summed E-state index contributed by atoms with van der Waals surface area (Å²) in [6, 6.07) is 7.08. The molecular weight excluding hydrogens is 395 g/mol. The van der Waals surface area contributed by atoms with Crippen LogP contribution in [0.1, 0.15) is 44.1 Å². The van der Waals surface area contributed by atoms with E-state index in [1.165, 1.54) is 19.3 Å². The molecule has 6 rings (SSSR count). The van der Waals surface area contributed by atoms with Crippen molar-refractivity contribution in [1.29, 1.82) is 0 Å². The van der Waals surface area contributed by atoms with E-state index < -0.39 is 0 Å². The lowest BCUT2D eigenvalue weighted by Gasteiger charge is -2.56. The number of carbonyl (C=O) groups is 1. The van der Waals surface area contributed by atoms with Crippen LogP contribution in [0.15, 0.2) is 30.5 Å². The van der Waals surface area contributed by atoms with Gasteiger partial charge in [-0.05, 0) is 68.4 Å². The number of amides is 2. The Morgan fingerprint density at radius 1 is 1.07 bits per heavy atom. The second-order valence-electron chi connectivity index (χ2n) is 8.88. The SMILES string of the molecule is O=C(Nc1ccn(Cc2c(Cl)cccc2Cl)n1)NC12CC3CC(CC(C3)C1)C2. The van der Waals surface area contributed by atoms with Gasteiger partial charge in [-0.15, -0.1) is 0 Å². The first-order valence-electron chi connectivity index (χ1n) is 10.0. The molecule has 2 aromatic rings. The Kier molecular flexibility index (Phi) is 4.55. The summed E-state index contributed by atoms with van der Waals surface area (Å²) < 4.78 is 1.73. The lowest BCUT2D eigenvalue weighted by atomic mass is 9.53. The van der Waals surface area contributed by atoms with Gasteiger partial charge < -0.3 is 5.32 Å². The third kappa shape index (κ3) is 3.50. The molecule has 1 aromatic heterocycles. The fourth-order valence-corrected chi connectivity index (χ4v) is 6.53. The number of carbonyl (C=O) groups excluding carboxylic acids is 1. The lowest BCUT2D eigenvalue weighted by Crippen LogP contribution is -2.60. The molecule has 4 bridgehead atoms. The van der Waals surface area contributed by atoms with E-state index in [1.54, 1.807) is 10.7 Å². The summed E-state index contributed by atoms with van der Waals surface area (Å²) in [6.07, 6.45) is 9.29. The van der Waals surface area contributed by atoms with E-state index in [1.807, 2.05) is 24.4 Å². The quantitative estimate of drug-likeness (QED) is 0.704. The van der Waals surface area contributed by atoms with Crippen molar-refractivity contribution in [3.05, 3.63) is 46.1 Å². The fourth-order valence-electron chi connectivity index (χ4n) is 6.01. The minimum atomic E-state index is -0.150. The normalized spacial score (nSPS) is 30.4. The van der Waals surface area contributed by atoms with Crippen molar-refractivity contribution in [2.75, 3.05) is 5.32 Å². The zero-order valence-electron chi connectivity index (χ0n) is 15.6. The van der Waals surface area contributed by atoms with Crippen molar-refractivity contribution in [1.82, 2.24) is 15.1 Å². The minimum Gasteiger partial charge on any atom is -0.332 e. The van der Waals surface area contributed by atoms with E-state index in [-0.39, 0.29) is 11.6 Å². The van der Waals surface area contributed by atoms with E-state index in [2.05, 4.69) is 15.7 Å². The Morgan fingerprint density at radius 2 is 1.68 bits per heavy atom. The Labute approximate surface area is 174 Å². The summed E-state index contributed by atoms with van der Waals surface area (Å²) in [5.74, 6) is 2.92. The standard InChI is InChI=1S/C21H24Cl2N4O/c22-17-2-1-3-18(23)16(17)12-27-5-4-19(26-27)24-20(28)25-21-9-13-6-14(10-21)8-15(7-13)11-21/h1-5,13-15H,6-12H2,(H2,24,25,26,28). The number of aromatic nitrogens is 2. The molecule has 1 heterocycles. The van der Waals surface area contributed by atoms with Crippen molar-refractivity contribution < 1.29 is 4.79 Å². The van der Waals surface area contributed by atoms with E-state index in [4.69, 9.17) is 23.2 Å². The largest absolute Gasteiger partial charge is 0.332 e. The van der Waals surface area contributed by atoms with Crippen LogP contribution in [0.4, 0.5) is 10.6 Å². The van der Waals surface area contributed by atoms with Crippen molar-refractivity contribution in [2.24, 2.45) is 17.8 Å².